The Morgan fingerprint density at radius 2 is 1.81 bits per heavy atom. The lowest BCUT2D eigenvalue weighted by atomic mass is 10.1. The molecule has 4 heteroatoms. The van der Waals surface area contributed by atoms with Crippen LogP contribution in [0.5, 0.6) is 0 Å². The van der Waals surface area contributed by atoms with E-state index in [9.17, 15) is 4.79 Å². The van der Waals surface area contributed by atoms with Gasteiger partial charge in [0.1, 0.15) is 0 Å². The topological polar surface area (TPSA) is 58.6 Å². The monoisotopic (exact) mass is 273 g/mol. The minimum atomic E-state index is 0.00319. The SMILES string of the molecule is O=c1c2ccccc2ccc2ncc(-c3cn[nH]c3)cc12. The normalized spacial score (nSPS) is 11.0. The Balaban J connectivity index is 2.13. The van der Waals surface area contributed by atoms with Crippen molar-refractivity contribution in [2.24, 2.45) is 0 Å². The van der Waals surface area contributed by atoms with Crippen molar-refractivity contribution >= 4 is 21.7 Å². The number of aromatic amines is 1. The van der Waals surface area contributed by atoms with E-state index in [1.54, 1.807) is 18.6 Å². The quantitative estimate of drug-likeness (QED) is 0.579. The molecular weight excluding hydrogens is 262 g/mol. The number of H-pyrrole nitrogens is 1. The van der Waals surface area contributed by atoms with Crippen LogP contribution in [0, 0.1) is 0 Å². The van der Waals surface area contributed by atoms with Gasteiger partial charge in [-0.2, -0.15) is 5.10 Å². The predicted octanol–water partition coefficient (Wildman–Crippen LogP) is 3.14. The van der Waals surface area contributed by atoms with Gasteiger partial charge in [-0.15, -0.1) is 0 Å². The Morgan fingerprint density at radius 1 is 0.905 bits per heavy atom. The fourth-order valence-corrected chi connectivity index (χ4v) is 2.52. The highest BCUT2D eigenvalue weighted by atomic mass is 16.1. The Labute approximate surface area is 120 Å². The van der Waals surface area contributed by atoms with Crippen LogP contribution in [0.15, 0.2) is 65.8 Å². The van der Waals surface area contributed by atoms with E-state index in [4.69, 9.17) is 0 Å². The first-order chi connectivity index (χ1) is 10.3. The van der Waals surface area contributed by atoms with Crippen LogP contribution in [-0.4, -0.2) is 15.2 Å². The lowest BCUT2D eigenvalue weighted by molar-refractivity contribution is 1.09. The van der Waals surface area contributed by atoms with Gasteiger partial charge in [0.2, 0.25) is 0 Å². The molecule has 21 heavy (non-hydrogen) atoms. The Hall–Kier alpha value is -3.01. The van der Waals surface area contributed by atoms with Crippen molar-refractivity contribution in [1.82, 2.24) is 15.2 Å². The van der Waals surface area contributed by atoms with Crippen LogP contribution in [0.3, 0.4) is 0 Å². The molecule has 0 aliphatic heterocycles. The fourth-order valence-electron chi connectivity index (χ4n) is 2.52. The molecule has 1 N–H and O–H groups in total. The van der Waals surface area contributed by atoms with E-state index in [1.807, 2.05) is 42.5 Å². The van der Waals surface area contributed by atoms with Crippen molar-refractivity contribution in [2.45, 2.75) is 0 Å². The molecule has 0 spiro atoms. The van der Waals surface area contributed by atoms with Crippen molar-refractivity contribution in [2.75, 3.05) is 0 Å². The zero-order chi connectivity index (χ0) is 14.2. The highest BCUT2D eigenvalue weighted by molar-refractivity contribution is 5.93. The summed E-state index contributed by atoms with van der Waals surface area (Å²) in [5.74, 6) is 0. The molecule has 4 aromatic rings. The van der Waals surface area contributed by atoms with Gasteiger partial charge in [0, 0.05) is 34.3 Å². The third-order valence-electron chi connectivity index (χ3n) is 3.62. The molecular formula is C17H11N3O. The molecule has 2 heterocycles. The molecule has 0 bridgehead atoms. The van der Waals surface area contributed by atoms with Crippen LogP contribution in [0.4, 0.5) is 0 Å². The van der Waals surface area contributed by atoms with Crippen LogP contribution < -0.4 is 5.43 Å². The maximum atomic E-state index is 12.7. The molecule has 0 atom stereocenters. The van der Waals surface area contributed by atoms with Gasteiger partial charge in [-0.3, -0.25) is 14.9 Å². The maximum absolute atomic E-state index is 12.7. The van der Waals surface area contributed by atoms with Gasteiger partial charge in [-0.05, 0) is 17.5 Å². The van der Waals surface area contributed by atoms with Crippen LogP contribution in [0.1, 0.15) is 0 Å². The van der Waals surface area contributed by atoms with Crippen molar-refractivity contribution in [3.8, 4) is 11.1 Å². The van der Waals surface area contributed by atoms with Gasteiger partial charge in [0.15, 0.2) is 5.43 Å². The molecule has 2 aromatic heterocycles. The zero-order valence-corrected chi connectivity index (χ0v) is 11.1. The van der Waals surface area contributed by atoms with Gasteiger partial charge in [-0.1, -0.05) is 30.3 Å². The Kier molecular flexibility index (Phi) is 2.54. The summed E-state index contributed by atoms with van der Waals surface area (Å²) in [5.41, 5.74) is 2.50. The second-order valence-electron chi connectivity index (χ2n) is 4.89. The van der Waals surface area contributed by atoms with Crippen LogP contribution in [0.25, 0.3) is 32.8 Å². The largest absolute Gasteiger partial charge is 0.289 e. The number of aromatic nitrogens is 3. The van der Waals surface area contributed by atoms with Crippen molar-refractivity contribution < 1.29 is 0 Å². The van der Waals surface area contributed by atoms with Gasteiger partial charge < -0.3 is 0 Å². The number of nitrogens with zero attached hydrogens (tertiary/aromatic N) is 2. The molecule has 4 rings (SSSR count). The molecule has 0 saturated heterocycles. The van der Waals surface area contributed by atoms with E-state index in [-0.39, 0.29) is 5.43 Å². The standard InChI is InChI=1S/C17H11N3O/c21-17-14-4-2-1-3-11(14)5-6-16-15(17)7-12(8-18-16)13-9-19-20-10-13/h1-10H,(H,19,20). The van der Waals surface area contributed by atoms with E-state index >= 15 is 0 Å². The second-order valence-corrected chi connectivity index (χ2v) is 4.89. The van der Waals surface area contributed by atoms with Crippen LogP contribution in [0.2, 0.25) is 0 Å². The van der Waals surface area contributed by atoms with Crippen molar-refractivity contribution in [1.29, 1.82) is 0 Å². The average molecular weight is 273 g/mol. The lowest BCUT2D eigenvalue weighted by Gasteiger charge is -1.97. The highest BCUT2D eigenvalue weighted by Crippen LogP contribution is 2.21. The lowest BCUT2D eigenvalue weighted by Crippen LogP contribution is -1.99. The minimum absolute atomic E-state index is 0.00319. The number of benzene rings is 1. The molecule has 4 nitrogen and oxygen atoms in total. The minimum Gasteiger partial charge on any atom is -0.289 e. The summed E-state index contributed by atoms with van der Waals surface area (Å²) in [4.78, 5) is 17.2. The van der Waals surface area contributed by atoms with E-state index in [1.165, 1.54) is 0 Å². The Bertz CT molecular complexity index is 1010. The predicted molar refractivity (Wildman–Crippen MR) is 83.1 cm³/mol. The fraction of sp³-hybridized carbons (Fsp3) is 0. The molecule has 0 aliphatic rings. The molecule has 100 valence electrons. The van der Waals surface area contributed by atoms with Crippen molar-refractivity contribution in [3.63, 3.8) is 0 Å². The smallest absolute Gasteiger partial charge is 0.195 e. The Morgan fingerprint density at radius 3 is 2.67 bits per heavy atom. The summed E-state index contributed by atoms with van der Waals surface area (Å²) < 4.78 is 0. The summed E-state index contributed by atoms with van der Waals surface area (Å²) in [7, 11) is 0. The number of hydrogen-bond acceptors (Lipinski definition) is 3. The summed E-state index contributed by atoms with van der Waals surface area (Å²) >= 11 is 0. The van der Waals surface area contributed by atoms with E-state index < -0.39 is 0 Å². The summed E-state index contributed by atoms with van der Waals surface area (Å²) in [5, 5.41) is 8.95. The maximum Gasteiger partial charge on any atom is 0.195 e. The third-order valence-corrected chi connectivity index (χ3v) is 3.62. The van der Waals surface area contributed by atoms with Crippen LogP contribution >= 0.6 is 0 Å². The molecule has 0 amide bonds. The third kappa shape index (κ3) is 1.89. The van der Waals surface area contributed by atoms with Gasteiger partial charge >= 0.3 is 0 Å². The van der Waals surface area contributed by atoms with Gasteiger partial charge in [-0.25, -0.2) is 0 Å². The zero-order valence-electron chi connectivity index (χ0n) is 11.1. The first-order valence-electron chi connectivity index (χ1n) is 6.64. The summed E-state index contributed by atoms with van der Waals surface area (Å²) in [6, 6.07) is 13.3. The molecule has 0 fully saturated rings. The molecule has 0 aliphatic carbocycles. The number of hydrogen-bond donors (Lipinski definition) is 1. The van der Waals surface area contributed by atoms with Gasteiger partial charge in [0.05, 0.1) is 11.7 Å². The summed E-state index contributed by atoms with van der Waals surface area (Å²) in [6.07, 6.45) is 5.26. The number of nitrogens with one attached hydrogen (secondary N) is 1. The number of fused-ring (bicyclic) bond motifs is 2. The molecule has 0 unspecified atom stereocenters. The first kappa shape index (κ1) is 11.8. The summed E-state index contributed by atoms with van der Waals surface area (Å²) in [6.45, 7) is 0. The average Bonchev–Trinajstić information content (AvgIpc) is 3.02. The van der Waals surface area contributed by atoms with E-state index in [0.717, 1.165) is 16.5 Å². The number of rotatable bonds is 1. The van der Waals surface area contributed by atoms with Crippen molar-refractivity contribution in [3.05, 3.63) is 71.3 Å². The van der Waals surface area contributed by atoms with Gasteiger partial charge in [0.25, 0.3) is 0 Å². The highest BCUT2D eigenvalue weighted by Gasteiger charge is 2.06. The first-order valence-corrected chi connectivity index (χ1v) is 6.64. The van der Waals surface area contributed by atoms with E-state index in [0.29, 0.717) is 16.3 Å². The molecule has 0 saturated carbocycles. The molecule has 0 radical (unpaired) electrons. The van der Waals surface area contributed by atoms with E-state index in [2.05, 4.69) is 15.2 Å². The number of pyridine rings is 1. The van der Waals surface area contributed by atoms with Crippen LogP contribution in [-0.2, 0) is 0 Å². The second kappa shape index (κ2) is 4.52. The molecule has 2 aromatic carbocycles.